The SMILES string of the molecule is CC(C)(C)c1cc(C#N)cc(C(F)F)c1. The summed E-state index contributed by atoms with van der Waals surface area (Å²) in [7, 11) is 0. The number of benzene rings is 1. The maximum atomic E-state index is 12.5. The number of alkyl halides is 2. The Morgan fingerprint density at radius 1 is 1.20 bits per heavy atom. The lowest BCUT2D eigenvalue weighted by molar-refractivity contribution is 0.151. The zero-order valence-corrected chi connectivity index (χ0v) is 9.01. The molecule has 0 atom stereocenters. The van der Waals surface area contributed by atoms with Crippen LogP contribution in [0, 0.1) is 11.3 Å². The Morgan fingerprint density at radius 2 is 1.80 bits per heavy atom. The van der Waals surface area contributed by atoms with Gasteiger partial charge in [-0.1, -0.05) is 20.8 Å². The van der Waals surface area contributed by atoms with Gasteiger partial charge < -0.3 is 0 Å². The van der Waals surface area contributed by atoms with E-state index in [4.69, 9.17) is 5.26 Å². The molecule has 0 aliphatic rings. The van der Waals surface area contributed by atoms with Crippen LogP contribution in [0.25, 0.3) is 0 Å². The predicted molar refractivity (Wildman–Crippen MR) is 54.8 cm³/mol. The smallest absolute Gasteiger partial charge is 0.205 e. The minimum atomic E-state index is -2.53. The van der Waals surface area contributed by atoms with Crippen molar-refractivity contribution in [3.8, 4) is 6.07 Å². The van der Waals surface area contributed by atoms with Crippen molar-refractivity contribution < 1.29 is 8.78 Å². The summed E-state index contributed by atoms with van der Waals surface area (Å²) in [5.74, 6) is 0. The molecule has 0 fully saturated rings. The van der Waals surface area contributed by atoms with Gasteiger partial charge in [-0.3, -0.25) is 0 Å². The first-order valence-corrected chi connectivity index (χ1v) is 4.68. The minimum absolute atomic E-state index is 0.0843. The van der Waals surface area contributed by atoms with Crippen LogP contribution in [0.1, 0.15) is 43.9 Å². The van der Waals surface area contributed by atoms with Crippen LogP contribution in [0.15, 0.2) is 18.2 Å². The summed E-state index contributed by atoms with van der Waals surface area (Å²) in [6, 6.07) is 6.26. The standard InChI is InChI=1S/C12H13F2N/c1-12(2,3)10-5-8(7-15)4-9(6-10)11(13)14/h4-6,11H,1-3H3. The van der Waals surface area contributed by atoms with E-state index in [1.807, 2.05) is 26.8 Å². The third kappa shape index (κ3) is 2.76. The lowest BCUT2D eigenvalue weighted by Crippen LogP contribution is -2.12. The summed E-state index contributed by atoms with van der Waals surface area (Å²) in [6.07, 6.45) is -2.53. The van der Waals surface area contributed by atoms with Gasteiger partial charge in [0, 0.05) is 5.56 Å². The van der Waals surface area contributed by atoms with Gasteiger partial charge in [-0.05, 0) is 29.2 Å². The molecule has 0 saturated heterocycles. The molecule has 1 rings (SSSR count). The Kier molecular flexibility index (Phi) is 3.09. The van der Waals surface area contributed by atoms with Crippen molar-refractivity contribution in [1.29, 1.82) is 5.26 Å². The molecule has 0 aliphatic heterocycles. The number of hydrogen-bond donors (Lipinski definition) is 0. The van der Waals surface area contributed by atoms with E-state index in [0.717, 1.165) is 5.56 Å². The first-order chi connectivity index (χ1) is 6.84. The van der Waals surface area contributed by atoms with Crippen LogP contribution in [-0.4, -0.2) is 0 Å². The van der Waals surface area contributed by atoms with Crippen LogP contribution in [0.2, 0.25) is 0 Å². The Morgan fingerprint density at radius 3 is 2.20 bits per heavy atom. The monoisotopic (exact) mass is 209 g/mol. The van der Waals surface area contributed by atoms with E-state index < -0.39 is 6.43 Å². The molecule has 15 heavy (non-hydrogen) atoms. The molecule has 1 nitrogen and oxygen atoms in total. The molecule has 3 heteroatoms. The molecule has 0 N–H and O–H groups in total. The maximum Gasteiger partial charge on any atom is 0.263 e. The van der Waals surface area contributed by atoms with Crippen LogP contribution in [0.5, 0.6) is 0 Å². The Balaban J connectivity index is 3.32. The van der Waals surface area contributed by atoms with Gasteiger partial charge in [0.1, 0.15) is 0 Å². The molecule has 0 saturated carbocycles. The van der Waals surface area contributed by atoms with Crippen LogP contribution < -0.4 is 0 Å². The highest BCUT2D eigenvalue weighted by atomic mass is 19.3. The third-order valence-corrected chi connectivity index (χ3v) is 2.20. The van der Waals surface area contributed by atoms with Crippen LogP contribution in [-0.2, 0) is 5.41 Å². The number of nitriles is 1. The van der Waals surface area contributed by atoms with Crippen molar-refractivity contribution in [1.82, 2.24) is 0 Å². The molecule has 0 unspecified atom stereocenters. The van der Waals surface area contributed by atoms with Crippen molar-refractivity contribution in [2.75, 3.05) is 0 Å². The Bertz CT molecular complexity index is 397. The summed E-state index contributed by atoms with van der Waals surface area (Å²) in [5, 5.41) is 8.74. The second-order valence-electron chi connectivity index (χ2n) is 4.51. The number of rotatable bonds is 1. The first kappa shape index (κ1) is 11.6. The molecule has 0 spiro atoms. The normalized spacial score (nSPS) is 11.5. The van der Waals surface area contributed by atoms with Gasteiger partial charge in [-0.2, -0.15) is 5.26 Å². The first-order valence-electron chi connectivity index (χ1n) is 4.68. The van der Waals surface area contributed by atoms with Gasteiger partial charge >= 0.3 is 0 Å². The van der Waals surface area contributed by atoms with Crippen LogP contribution in [0.3, 0.4) is 0 Å². The van der Waals surface area contributed by atoms with Gasteiger partial charge in [-0.25, -0.2) is 8.78 Å². The largest absolute Gasteiger partial charge is 0.263 e. The van der Waals surface area contributed by atoms with Crippen LogP contribution in [0.4, 0.5) is 8.78 Å². The van der Waals surface area contributed by atoms with Crippen molar-refractivity contribution in [2.24, 2.45) is 0 Å². The summed E-state index contributed by atoms with van der Waals surface area (Å²) in [5.41, 5.74) is 0.741. The zero-order valence-electron chi connectivity index (χ0n) is 9.01. The molecule has 0 heterocycles. The van der Waals surface area contributed by atoms with E-state index >= 15 is 0 Å². The van der Waals surface area contributed by atoms with Gasteiger partial charge in [0.05, 0.1) is 11.6 Å². The van der Waals surface area contributed by atoms with Gasteiger partial charge in [-0.15, -0.1) is 0 Å². The van der Waals surface area contributed by atoms with E-state index in [1.165, 1.54) is 12.1 Å². The third-order valence-electron chi connectivity index (χ3n) is 2.20. The second-order valence-corrected chi connectivity index (χ2v) is 4.51. The van der Waals surface area contributed by atoms with E-state index in [9.17, 15) is 8.78 Å². The zero-order chi connectivity index (χ0) is 11.6. The summed E-state index contributed by atoms with van der Waals surface area (Å²) in [6.45, 7) is 5.79. The molecule has 0 aromatic heterocycles. The topological polar surface area (TPSA) is 23.8 Å². The quantitative estimate of drug-likeness (QED) is 0.690. The van der Waals surface area contributed by atoms with Crippen LogP contribution >= 0.6 is 0 Å². The van der Waals surface area contributed by atoms with Crippen molar-refractivity contribution in [2.45, 2.75) is 32.6 Å². The van der Waals surface area contributed by atoms with Crippen molar-refractivity contribution >= 4 is 0 Å². The lowest BCUT2D eigenvalue weighted by atomic mass is 9.85. The summed E-state index contributed by atoms with van der Waals surface area (Å²) in [4.78, 5) is 0. The van der Waals surface area contributed by atoms with Gasteiger partial charge in [0.2, 0.25) is 0 Å². The Labute approximate surface area is 88.3 Å². The van der Waals surface area contributed by atoms with Crippen molar-refractivity contribution in [3.63, 3.8) is 0 Å². The summed E-state index contributed by atoms with van der Waals surface area (Å²) < 4.78 is 25.1. The Hall–Kier alpha value is -1.43. The van der Waals surface area contributed by atoms with E-state index in [-0.39, 0.29) is 16.5 Å². The highest BCUT2D eigenvalue weighted by Gasteiger charge is 2.17. The van der Waals surface area contributed by atoms with E-state index in [1.54, 1.807) is 6.07 Å². The fraction of sp³-hybridized carbons (Fsp3) is 0.417. The lowest BCUT2D eigenvalue weighted by Gasteiger charge is -2.20. The minimum Gasteiger partial charge on any atom is -0.205 e. The van der Waals surface area contributed by atoms with Gasteiger partial charge in [0.25, 0.3) is 6.43 Å². The highest BCUT2D eigenvalue weighted by Crippen LogP contribution is 2.28. The van der Waals surface area contributed by atoms with E-state index in [2.05, 4.69) is 0 Å². The molecule has 1 aromatic rings. The fourth-order valence-corrected chi connectivity index (χ4v) is 1.28. The van der Waals surface area contributed by atoms with Gasteiger partial charge in [0.15, 0.2) is 0 Å². The molecule has 0 radical (unpaired) electrons. The molecule has 0 amide bonds. The molecular formula is C12H13F2N. The molecule has 80 valence electrons. The summed E-state index contributed by atoms with van der Waals surface area (Å²) >= 11 is 0. The fourth-order valence-electron chi connectivity index (χ4n) is 1.28. The molecule has 1 aromatic carbocycles. The maximum absolute atomic E-state index is 12.5. The molecule has 0 bridgehead atoms. The number of halogens is 2. The van der Waals surface area contributed by atoms with E-state index in [0.29, 0.717) is 0 Å². The second kappa shape index (κ2) is 3.98. The average molecular weight is 209 g/mol. The highest BCUT2D eigenvalue weighted by molar-refractivity contribution is 5.40. The molecular weight excluding hydrogens is 196 g/mol. The number of hydrogen-bond acceptors (Lipinski definition) is 1. The molecule has 0 aliphatic carbocycles. The van der Waals surface area contributed by atoms with Crippen molar-refractivity contribution in [3.05, 3.63) is 34.9 Å². The average Bonchev–Trinajstić information content (AvgIpc) is 2.15. The predicted octanol–water partition coefficient (Wildman–Crippen LogP) is 3.79. The number of nitrogens with zero attached hydrogens (tertiary/aromatic N) is 1.